The van der Waals surface area contributed by atoms with Crippen LogP contribution in [0.3, 0.4) is 0 Å². The lowest BCUT2D eigenvalue weighted by Crippen LogP contribution is -2.37. The van der Waals surface area contributed by atoms with Crippen molar-refractivity contribution >= 4 is 5.97 Å². The van der Waals surface area contributed by atoms with E-state index in [0.29, 0.717) is 0 Å². The average molecular weight is 247 g/mol. The van der Waals surface area contributed by atoms with Gasteiger partial charge in [-0.3, -0.25) is 9.69 Å². The Balaban J connectivity index is 2.31. The van der Waals surface area contributed by atoms with Crippen LogP contribution in [0.25, 0.3) is 0 Å². The maximum absolute atomic E-state index is 11.6. The molecule has 3 heteroatoms. The summed E-state index contributed by atoms with van der Waals surface area (Å²) in [4.78, 5) is 13.7. The van der Waals surface area contributed by atoms with Crippen LogP contribution in [0, 0.1) is 13.8 Å². The van der Waals surface area contributed by atoms with Crippen LogP contribution in [0.5, 0.6) is 0 Å². The van der Waals surface area contributed by atoms with Gasteiger partial charge in [-0.05, 0) is 45.3 Å². The fourth-order valence-electron chi connectivity index (χ4n) is 2.85. The monoisotopic (exact) mass is 247 g/mol. The molecule has 0 saturated carbocycles. The molecule has 1 heterocycles. The van der Waals surface area contributed by atoms with E-state index in [9.17, 15) is 9.90 Å². The number of rotatable bonds is 3. The number of carbonyl (C=O) groups is 1. The molecule has 1 aliphatic rings. The Morgan fingerprint density at radius 1 is 1.11 bits per heavy atom. The van der Waals surface area contributed by atoms with Crippen LogP contribution in [0.15, 0.2) is 18.2 Å². The molecule has 0 radical (unpaired) electrons. The highest BCUT2D eigenvalue weighted by molar-refractivity contribution is 5.75. The second-order valence-corrected chi connectivity index (χ2v) is 5.26. The van der Waals surface area contributed by atoms with Gasteiger partial charge in [-0.1, -0.05) is 35.7 Å². The number of likely N-dealkylation sites (tertiary alicyclic amines) is 1. The van der Waals surface area contributed by atoms with Gasteiger partial charge in [0, 0.05) is 0 Å². The predicted molar refractivity (Wildman–Crippen MR) is 71.7 cm³/mol. The van der Waals surface area contributed by atoms with Crippen LogP contribution in [-0.2, 0) is 4.79 Å². The number of piperidine rings is 1. The zero-order valence-corrected chi connectivity index (χ0v) is 11.1. The molecular formula is C15H21NO2. The molecular weight excluding hydrogens is 226 g/mol. The molecule has 0 aliphatic carbocycles. The third kappa shape index (κ3) is 2.91. The van der Waals surface area contributed by atoms with Gasteiger partial charge in [0.25, 0.3) is 0 Å². The average Bonchev–Trinajstić information content (AvgIpc) is 2.28. The summed E-state index contributed by atoms with van der Waals surface area (Å²) in [5.74, 6) is -0.734. The second-order valence-electron chi connectivity index (χ2n) is 5.26. The van der Waals surface area contributed by atoms with Gasteiger partial charge in [0.1, 0.15) is 6.04 Å². The quantitative estimate of drug-likeness (QED) is 0.892. The van der Waals surface area contributed by atoms with Crippen LogP contribution in [0.4, 0.5) is 0 Å². The molecule has 1 unspecified atom stereocenters. The summed E-state index contributed by atoms with van der Waals surface area (Å²) < 4.78 is 0. The van der Waals surface area contributed by atoms with Gasteiger partial charge in [0.05, 0.1) is 0 Å². The molecule has 98 valence electrons. The molecule has 1 aromatic carbocycles. The first-order valence-corrected chi connectivity index (χ1v) is 6.63. The molecule has 1 N–H and O–H groups in total. The number of aryl methyl sites for hydroxylation is 2. The van der Waals surface area contributed by atoms with Gasteiger partial charge in [0.2, 0.25) is 0 Å². The predicted octanol–water partition coefficient (Wildman–Crippen LogP) is 2.92. The first kappa shape index (κ1) is 13.1. The molecule has 1 saturated heterocycles. The Morgan fingerprint density at radius 3 is 2.17 bits per heavy atom. The molecule has 2 rings (SSSR count). The van der Waals surface area contributed by atoms with Crippen molar-refractivity contribution in [2.24, 2.45) is 0 Å². The van der Waals surface area contributed by atoms with E-state index in [4.69, 9.17) is 0 Å². The lowest BCUT2D eigenvalue weighted by Gasteiger charge is -2.32. The van der Waals surface area contributed by atoms with Crippen LogP contribution in [0.1, 0.15) is 42.0 Å². The third-order valence-electron chi connectivity index (χ3n) is 3.55. The third-order valence-corrected chi connectivity index (χ3v) is 3.55. The van der Waals surface area contributed by atoms with Crippen molar-refractivity contribution < 1.29 is 9.90 Å². The van der Waals surface area contributed by atoms with Gasteiger partial charge < -0.3 is 5.11 Å². The summed E-state index contributed by atoms with van der Waals surface area (Å²) in [6.07, 6.45) is 3.43. The normalized spacial score (nSPS) is 18.6. The highest BCUT2D eigenvalue weighted by Gasteiger charge is 2.28. The van der Waals surface area contributed by atoms with Crippen molar-refractivity contribution in [3.05, 3.63) is 34.9 Å². The van der Waals surface area contributed by atoms with E-state index < -0.39 is 12.0 Å². The number of carboxylic acids is 1. The summed E-state index contributed by atoms with van der Waals surface area (Å²) in [5.41, 5.74) is 3.18. The zero-order chi connectivity index (χ0) is 13.1. The largest absolute Gasteiger partial charge is 0.480 e. The van der Waals surface area contributed by atoms with E-state index in [1.807, 2.05) is 26.0 Å². The molecule has 0 spiro atoms. The second kappa shape index (κ2) is 5.53. The van der Waals surface area contributed by atoms with Crippen molar-refractivity contribution in [3.63, 3.8) is 0 Å². The van der Waals surface area contributed by atoms with Crippen molar-refractivity contribution in [1.29, 1.82) is 0 Å². The zero-order valence-electron chi connectivity index (χ0n) is 11.1. The Hall–Kier alpha value is -1.35. The molecule has 18 heavy (non-hydrogen) atoms. The minimum atomic E-state index is -0.734. The number of nitrogens with zero attached hydrogens (tertiary/aromatic N) is 1. The first-order valence-electron chi connectivity index (χ1n) is 6.63. The van der Waals surface area contributed by atoms with Crippen LogP contribution < -0.4 is 0 Å². The summed E-state index contributed by atoms with van der Waals surface area (Å²) in [5, 5.41) is 9.52. The lowest BCUT2D eigenvalue weighted by atomic mass is 9.98. The van der Waals surface area contributed by atoms with E-state index >= 15 is 0 Å². The molecule has 0 amide bonds. The van der Waals surface area contributed by atoms with E-state index in [0.717, 1.165) is 42.6 Å². The lowest BCUT2D eigenvalue weighted by molar-refractivity contribution is -0.144. The Bertz CT molecular complexity index is 416. The van der Waals surface area contributed by atoms with Gasteiger partial charge in [-0.15, -0.1) is 0 Å². The Morgan fingerprint density at radius 2 is 1.67 bits per heavy atom. The topological polar surface area (TPSA) is 40.5 Å². The Kier molecular flexibility index (Phi) is 4.02. The van der Waals surface area contributed by atoms with E-state index in [2.05, 4.69) is 11.0 Å². The molecule has 3 nitrogen and oxygen atoms in total. The fraction of sp³-hybridized carbons (Fsp3) is 0.533. The van der Waals surface area contributed by atoms with Crippen molar-refractivity contribution in [3.8, 4) is 0 Å². The molecule has 1 aromatic rings. The van der Waals surface area contributed by atoms with Gasteiger partial charge in [0.15, 0.2) is 0 Å². The summed E-state index contributed by atoms with van der Waals surface area (Å²) >= 11 is 0. The number of aliphatic carboxylic acids is 1. The highest BCUT2D eigenvalue weighted by atomic mass is 16.4. The van der Waals surface area contributed by atoms with Crippen molar-refractivity contribution in [2.75, 3.05) is 13.1 Å². The number of carboxylic acid groups (broad SMARTS) is 1. The number of benzene rings is 1. The summed E-state index contributed by atoms with van der Waals surface area (Å²) in [7, 11) is 0. The maximum atomic E-state index is 11.6. The van der Waals surface area contributed by atoms with E-state index in [1.165, 1.54) is 6.42 Å². The molecule has 1 fully saturated rings. The highest BCUT2D eigenvalue weighted by Crippen LogP contribution is 2.26. The Labute approximate surface area is 108 Å². The molecule has 0 bridgehead atoms. The van der Waals surface area contributed by atoms with Crippen LogP contribution in [-0.4, -0.2) is 29.1 Å². The van der Waals surface area contributed by atoms with Gasteiger partial charge in [-0.25, -0.2) is 0 Å². The fourth-order valence-corrected chi connectivity index (χ4v) is 2.85. The number of hydrogen-bond donors (Lipinski definition) is 1. The standard InChI is InChI=1S/C15H21NO2/c1-11-8-12(2)10-13(9-11)14(15(17)18)16-6-4-3-5-7-16/h8-10,14H,3-7H2,1-2H3,(H,17,18). The molecule has 1 atom stereocenters. The smallest absolute Gasteiger partial charge is 0.325 e. The first-order chi connectivity index (χ1) is 8.58. The van der Waals surface area contributed by atoms with Crippen LogP contribution in [0.2, 0.25) is 0 Å². The van der Waals surface area contributed by atoms with Crippen molar-refractivity contribution in [1.82, 2.24) is 4.90 Å². The minimum Gasteiger partial charge on any atom is -0.480 e. The SMILES string of the molecule is Cc1cc(C)cc(C(C(=O)O)N2CCCCC2)c1. The van der Waals surface area contributed by atoms with Crippen molar-refractivity contribution in [2.45, 2.75) is 39.2 Å². The summed E-state index contributed by atoms with van der Waals surface area (Å²) in [6.45, 7) is 5.82. The van der Waals surface area contributed by atoms with E-state index in [1.54, 1.807) is 0 Å². The van der Waals surface area contributed by atoms with Gasteiger partial charge in [-0.2, -0.15) is 0 Å². The maximum Gasteiger partial charge on any atom is 0.325 e. The molecule has 1 aliphatic heterocycles. The minimum absolute atomic E-state index is 0.483. The van der Waals surface area contributed by atoms with E-state index in [-0.39, 0.29) is 0 Å². The van der Waals surface area contributed by atoms with Crippen LogP contribution >= 0.6 is 0 Å². The van der Waals surface area contributed by atoms with Gasteiger partial charge >= 0.3 is 5.97 Å². The molecule has 0 aromatic heterocycles. The summed E-state index contributed by atoms with van der Waals surface area (Å²) in [6, 6.07) is 5.60. The number of hydrogen-bond acceptors (Lipinski definition) is 2.